The second kappa shape index (κ2) is 6.85. The summed E-state index contributed by atoms with van der Waals surface area (Å²) in [6.07, 6.45) is 2.47. The van der Waals surface area contributed by atoms with Gasteiger partial charge < -0.3 is 16.8 Å². The van der Waals surface area contributed by atoms with Gasteiger partial charge in [0, 0.05) is 13.1 Å². The summed E-state index contributed by atoms with van der Waals surface area (Å²) in [6.45, 7) is 1.31. The Hall–Kier alpha value is -1.26. The van der Waals surface area contributed by atoms with Gasteiger partial charge in [0.25, 0.3) is 0 Å². The zero-order valence-electron chi connectivity index (χ0n) is 6.42. The third-order valence-corrected chi connectivity index (χ3v) is 1.11. The third kappa shape index (κ3) is 8.74. The first kappa shape index (κ1) is 9.74. The Bertz CT molecular complexity index is 131. The van der Waals surface area contributed by atoms with E-state index >= 15 is 0 Å². The second-order valence-corrected chi connectivity index (χ2v) is 2.09. The minimum absolute atomic E-state index is 0.119. The van der Waals surface area contributed by atoms with Crippen molar-refractivity contribution in [2.24, 2.45) is 16.5 Å². The largest absolute Gasteiger partial charge is 0.370 e. The summed E-state index contributed by atoms with van der Waals surface area (Å²) < 4.78 is 0. The molecular formula is C6H14N4O. The summed E-state index contributed by atoms with van der Waals surface area (Å²) in [7, 11) is 0. The highest BCUT2D eigenvalue weighted by Crippen LogP contribution is 1.86. The number of hydrogen-bond donors (Lipinski definition) is 3. The highest BCUT2D eigenvalue weighted by molar-refractivity contribution is 5.75. The van der Waals surface area contributed by atoms with Crippen LogP contribution in [-0.2, 0) is 4.79 Å². The topological polar surface area (TPSA) is 93.5 Å². The number of carbonyl (C=O) groups is 1. The molecule has 0 atom stereocenters. The van der Waals surface area contributed by atoms with Gasteiger partial charge in [-0.3, -0.25) is 9.79 Å². The number of rotatable bonds is 6. The van der Waals surface area contributed by atoms with Gasteiger partial charge in [0.05, 0.1) is 0 Å². The fourth-order valence-electron chi connectivity index (χ4n) is 0.606. The fraction of sp³-hybridized carbons (Fsp3) is 0.667. The number of carbonyl (C=O) groups excluding carboxylic acids is 1. The Balaban J connectivity index is 3.02. The molecule has 0 aliphatic rings. The monoisotopic (exact) mass is 158 g/mol. The van der Waals surface area contributed by atoms with Gasteiger partial charge in [0.2, 0.25) is 6.41 Å². The highest BCUT2D eigenvalue weighted by atomic mass is 16.1. The van der Waals surface area contributed by atoms with E-state index in [0.717, 1.165) is 12.8 Å². The summed E-state index contributed by atoms with van der Waals surface area (Å²) in [4.78, 5) is 13.5. The van der Waals surface area contributed by atoms with Crippen molar-refractivity contribution in [1.29, 1.82) is 0 Å². The highest BCUT2D eigenvalue weighted by Gasteiger charge is 1.85. The van der Waals surface area contributed by atoms with Crippen molar-refractivity contribution in [3.05, 3.63) is 0 Å². The molecule has 0 saturated carbocycles. The van der Waals surface area contributed by atoms with Crippen LogP contribution in [0.2, 0.25) is 0 Å². The molecule has 0 aromatic rings. The van der Waals surface area contributed by atoms with E-state index in [2.05, 4.69) is 10.3 Å². The van der Waals surface area contributed by atoms with Crippen molar-refractivity contribution in [1.82, 2.24) is 5.32 Å². The van der Waals surface area contributed by atoms with E-state index in [4.69, 9.17) is 11.5 Å². The minimum Gasteiger partial charge on any atom is -0.370 e. The van der Waals surface area contributed by atoms with E-state index in [0.29, 0.717) is 19.5 Å². The molecule has 0 aliphatic carbocycles. The van der Waals surface area contributed by atoms with Crippen molar-refractivity contribution in [2.75, 3.05) is 13.1 Å². The van der Waals surface area contributed by atoms with Crippen LogP contribution in [0.3, 0.4) is 0 Å². The van der Waals surface area contributed by atoms with Crippen LogP contribution in [0.4, 0.5) is 0 Å². The summed E-state index contributed by atoms with van der Waals surface area (Å²) in [5, 5.41) is 2.54. The van der Waals surface area contributed by atoms with Crippen molar-refractivity contribution < 1.29 is 4.79 Å². The molecule has 0 rings (SSSR count). The Kier molecular flexibility index (Phi) is 6.07. The number of guanidine groups is 1. The lowest BCUT2D eigenvalue weighted by molar-refractivity contribution is -0.109. The minimum atomic E-state index is 0.119. The van der Waals surface area contributed by atoms with Gasteiger partial charge in [-0.25, -0.2) is 0 Å². The first-order valence-electron chi connectivity index (χ1n) is 3.50. The predicted octanol–water partition coefficient (Wildman–Crippen LogP) is -1.21. The van der Waals surface area contributed by atoms with Crippen molar-refractivity contribution in [3.63, 3.8) is 0 Å². The molecule has 5 N–H and O–H groups in total. The maximum absolute atomic E-state index is 9.77. The molecule has 5 nitrogen and oxygen atoms in total. The zero-order chi connectivity index (χ0) is 8.53. The average Bonchev–Trinajstić information content (AvgIpc) is 1.96. The van der Waals surface area contributed by atoms with Crippen LogP contribution in [0.5, 0.6) is 0 Å². The van der Waals surface area contributed by atoms with Gasteiger partial charge >= 0.3 is 0 Å². The van der Waals surface area contributed by atoms with Gasteiger partial charge in [0.1, 0.15) is 0 Å². The lowest BCUT2D eigenvalue weighted by Gasteiger charge is -1.96. The number of unbranched alkanes of at least 4 members (excludes halogenated alkanes) is 1. The van der Waals surface area contributed by atoms with Gasteiger partial charge in [-0.05, 0) is 12.8 Å². The zero-order valence-corrected chi connectivity index (χ0v) is 6.42. The molecule has 11 heavy (non-hydrogen) atoms. The Morgan fingerprint density at radius 3 is 2.73 bits per heavy atom. The van der Waals surface area contributed by atoms with Crippen LogP contribution in [0.15, 0.2) is 4.99 Å². The van der Waals surface area contributed by atoms with E-state index in [9.17, 15) is 4.79 Å². The number of aliphatic imine (C=N–C) groups is 1. The fourth-order valence-corrected chi connectivity index (χ4v) is 0.606. The van der Waals surface area contributed by atoms with E-state index in [1.807, 2.05) is 0 Å². The van der Waals surface area contributed by atoms with Gasteiger partial charge in [-0.15, -0.1) is 0 Å². The molecule has 0 bridgehead atoms. The molecule has 0 heterocycles. The van der Waals surface area contributed by atoms with E-state index in [-0.39, 0.29) is 5.96 Å². The standard InChI is InChI=1S/C6H14N4O/c7-6(8)10-4-2-1-3-9-5-11/h5H,1-4H2,(H,9,11)(H4,7,8,10). The summed E-state index contributed by atoms with van der Waals surface area (Å²) in [5.41, 5.74) is 10.2. The quantitative estimate of drug-likeness (QED) is 0.196. The number of nitrogens with two attached hydrogens (primary N) is 2. The number of nitrogens with zero attached hydrogens (tertiary/aromatic N) is 1. The molecule has 0 radical (unpaired) electrons. The first-order valence-corrected chi connectivity index (χ1v) is 3.50. The maximum Gasteiger partial charge on any atom is 0.207 e. The Morgan fingerprint density at radius 1 is 1.45 bits per heavy atom. The molecule has 0 spiro atoms. The predicted molar refractivity (Wildman–Crippen MR) is 44.0 cm³/mol. The van der Waals surface area contributed by atoms with Crippen molar-refractivity contribution in [2.45, 2.75) is 12.8 Å². The van der Waals surface area contributed by atoms with E-state index in [1.165, 1.54) is 0 Å². The van der Waals surface area contributed by atoms with Crippen LogP contribution in [0.1, 0.15) is 12.8 Å². The maximum atomic E-state index is 9.77. The van der Waals surface area contributed by atoms with E-state index in [1.54, 1.807) is 0 Å². The van der Waals surface area contributed by atoms with Crippen LogP contribution in [0.25, 0.3) is 0 Å². The summed E-state index contributed by atoms with van der Waals surface area (Å²) >= 11 is 0. The second-order valence-electron chi connectivity index (χ2n) is 2.09. The number of hydrogen-bond acceptors (Lipinski definition) is 2. The summed E-state index contributed by atoms with van der Waals surface area (Å²) in [6, 6.07) is 0. The molecule has 0 fully saturated rings. The molecule has 0 aromatic heterocycles. The first-order chi connectivity index (χ1) is 5.27. The molecule has 0 aliphatic heterocycles. The third-order valence-electron chi connectivity index (χ3n) is 1.11. The molecule has 0 saturated heterocycles. The van der Waals surface area contributed by atoms with Crippen molar-refractivity contribution >= 4 is 12.4 Å². The average molecular weight is 158 g/mol. The van der Waals surface area contributed by atoms with Gasteiger partial charge in [0.15, 0.2) is 5.96 Å². The van der Waals surface area contributed by atoms with Crippen LogP contribution >= 0.6 is 0 Å². The Morgan fingerprint density at radius 2 is 2.18 bits per heavy atom. The lowest BCUT2D eigenvalue weighted by atomic mass is 10.3. The SMILES string of the molecule is NC(N)=NCCCCNC=O. The molecule has 64 valence electrons. The van der Waals surface area contributed by atoms with Crippen LogP contribution < -0.4 is 16.8 Å². The molecule has 5 heteroatoms. The van der Waals surface area contributed by atoms with Gasteiger partial charge in [-0.1, -0.05) is 0 Å². The molecule has 0 unspecified atom stereocenters. The summed E-state index contributed by atoms with van der Waals surface area (Å²) in [5.74, 6) is 0.119. The smallest absolute Gasteiger partial charge is 0.207 e. The number of amides is 1. The lowest BCUT2D eigenvalue weighted by Crippen LogP contribution is -2.23. The van der Waals surface area contributed by atoms with Crippen molar-refractivity contribution in [3.8, 4) is 0 Å². The Labute approximate surface area is 65.9 Å². The van der Waals surface area contributed by atoms with Gasteiger partial charge in [-0.2, -0.15) is 0 Å². The van der Waals surface area contributed by atoms with Crippen LogP contribution in [-0.4, -0.2) is 25.5 Å². The normalized spacial score (nSPS) is 8.73. The van der Waals surface area contributed by atoms with E-state index < -0.39 is 0 Å². The van der Waals surface area contributed by atoms with Crippen LogP contribution in [0, 0.1) is 0 Å². The molecular weight excluding hydrogens is 144 g/mol. The number of nitrogens with one attached hydrogen (secondary N) is 1. The molecule has 1 amide bonds. The molecule has 0 aromatic carbocycles.